The molecular weight excluding hydrogens is 276 g/mol. The number of thiol groups is 1. The molecule has 0 saturated heterocycles. The Bertz CT molecular complexity index is 235. The van der Waals surface area contributed by atoms with Crippen LogP contribution in [0.2, 0.25) is 0 Å². The molecule has 0 saturated carbocycles. The summed E-state index contributed by atoms with van der Waals surface area (Å²) in [7, 11) is 0. The van der Waals surface area contributed by atoms with Crippen LogP contribution in [0, 0.1) is 0 Å². The molecule has 0 aliphatic rings. The number of hydrogen-bond donors (Lipinski definition) is 1. The molecule has 0 unspecified atom stereocenters. The van der Waals surface area contributed by atoms with Crippen LogP contribution in [0.15, 0.2) is 27.1 Å². The van der Waals surface area contributed by atoms with E-state index in [9.17, 15) is 0 Å². The Morgan fingerprint density at radius 1 is 1.30 bits per heavy atom. The molecule has 0 atom stereocenters. The van der Waals surface area contributed by atoms with E-state index in [4.69, 9.17) is 0 Å². The number of benzene rings is 1. The third-order valence-electron chi connectivity index (χ3n) is 1.18. The van der Waals surface area contributed by atoms with Gasteiger partial charge >= 0.3 is 0 Å². The van der Waals surface area contributed by atoms with Gasteiger partial charge in [0.05, 0.1) is 0 Å². The second-order valence-corrected chi connectivity index (χ2v) is 3.98. The lowest BCUT2D eigenvalue weighted by molar-refractivity contribution is 1.38. The second-order valence-electron chi connectivity index (χ2n) is 1.89. The largest absolute Gasteiger partial charge is 0.175 e. The van der Waals surface area contributed by atoms with Crippen LogP contribution >= 0.6 is 44.5 Å². The summed E-state index contributed by atoms with van der Waals surface area (Å²) in [5.74, 6) is 0.764. The van der Waals surface area contributed by atoms with Gasteiger partial charge in [0.15, 0.2) is 0 Å². The maximum atomic E-state index is 4.18. The van der Waals surface area contributed by atoms with Gasteiger partial charge in [-0.3, -0.25) is 0 Å². The first-order chi connectivity index (χ1) is 4.74. The molecule has 0 fully saturated rings. The van der Waals surface area contributed by atoms with Crippen LogP contribution in [0.1, 0.15) is 5.56 Å². The zero-order valence-corrected chi connectivity index (χ0v) is 9.21. The fourth-order valence-corrected chi connectivity index (χ4v) is 1.94. The molecule has 3 heteroatoms. The minimum absolute atomic E-state index is 0.764. The SMILES string of the molecule is SCc1cc(Br)ccc1Br. The van der Waals surface area contributed by atoms with Crippen LogP contribution in [0.5, 0.6) is 0 Å². The summed E-state index contributed by atoms with van der Waals surface area (Å²) in [5.41, 5.74) is 1.21. The van der Waals surface area contributed by atoms with Crippen molar-refractivity contribution in [3.63, 3.8) is 0 Å². The first-order valence-electron chi connectivity index (χ1n) is 2.79. The third kappa shape index (κ3) is 2.01. The van der Waals surface area contributed by atoms with Gasteiger partial charge in [-0.25, -0.2) is 0 Å². The Balaban J connectivity index is 3.09. The molecule has 0 N–H and O–H groups in total. The molecule has 0 bridgehead atoms. The maximum absolute atomic E-state index is 4.18. The molecule has 0 spiro atoms. The molecule has 0 nitrogen and oxygen atoms in total. The Labute approximate surface area is 82.7 Å². The van der Waals surface area contributed by atoms with Gasteiger partial charge < -0.3 is 0 Å². The Morgan fingerprint density at radius 2 is 2.00 bits per heavy atom. The first kappa shape index (κ1) is 8.62. The fraction of sp³-hybridized carbons (Fsp3) is 0.143. The van der Waals surface area contributed by atoms with E-state index in [-0.39, 0.29) is 0 Å². The Hall–Kier alpha value is 0.530. The van der Waals surface area contributed by atoms with Gasteiger partial charge in [0.25, 0.3) is 0 Å². The lowest BCUT2D eigenvalue weighted by Crippen LogP contribution is -1.78. The smallest absolute Gasteiger partial charge is 0.0216 e. The van der Waals surface area contributed by atoms with Gasteiger partial charge in [0, 0.05) is 14.7 Å². The van der Waals surface area contributed by atoms with Crippen LogP contribution in [0.3, 0.4) is 0 Å². The van der Waals surface area contributed by atoms with Crippen molar-refractivity contribution in [2.75, 3.05) is 0 Å². The van der Waals surface area contributed by atoms with Crippen LogP contribution in [-0.2, 0) is 5.75 Å². The average Bonchev–Trinajstić information content (AvgIpc) is 1.94. The standard InChI is InChI=1S/C7H6Br2S/c8-6-1-2-7(9)5(3-6)4-10/h1-3,10H,4H2. The van der Waals surface area contributed by atoms with E-state index in [1.165, 1.54) is 5.56 Å². The van der Waals surface area contributed by atoms with Gasteiger partial charge in [-0.15, -0.1) is 0 Å². The van der Waals surface area contributed by atoms with E-state index >= 15 is 0 Å². The van der Waals surface area contributed by atoms with Crippen molar-refractivity contribution in [3.8, 4) is 0 Å². The molecule has 0 aliphatic carbocycles. The first-order valence-corrected chi connectivity index (χ1v) is 5.00. The van der Waals surface area contributed by atoms with Gasteiger partial charge in [0.1, 0.15) is 0 Å². The topological polar surface area (TPSA) is 0 Å². The summed E-state index contributed by atoms with van der Waals surface area (Å²) in [6.07, 6.45) is 0. The van der Waals surface area contributed by atoms with E-state index < -0.39 is 0 Å². The van der Waals surface area contributed by atoms with Crippen molar-refractivity contribution in [1.29, 1.82) is 0 Å². The summed E-state index contributed by atoms with van der Waals surface area (Å²) in [5, 5.41) is 0. The molecule has 0 radical (unpaired) electrons. The monoisotopic (exact) mass is 280 g/mol. The van der Waals surface area contributed by atoms with Gasteiger partial charge in [-0.1, -0.05) is 31.9 Å². The molecule has 0 aliphatic heterocycles. The van der Waals surface area contributed by atoms with Crippen LogP contribution in [0.25, 0.3) is 0 Å². The highest BCUT2D eigenvalue weighted by atomic mass is 79.9. The molecule has 1 aromatic carbocycles. The van der Waals surface area contributed by atoms with E-state index in [0.717, 1.165) is 14.7 Å². The molecule has 10 heavy (non-hydrogen) atoms. The minimum atomic E-state index is 0.764. The van der Waals surface area contributed by atoms with Crippen molar-refractivity contribution >= 4 is 44.5 Å². The average molecular weight is 282 g/mol. The summed E-state index contributed by atoms with van der Waals surface area (Å²) in [6, 6.07) is 6.06. The Morgan fingerprint density at radius 3 is 2.50 bits per heavy atom. The quantitative estimate of drug-likeness (QED) is 0.747. The number of hydrogen-bond acceptors (Lipinski definition) is 1. The van der Waals surface area contributed by atoms with Gasteiger partial charge in [-0.2, -0.15) is 12.6 Å². The van der Waals surface area contributed by atoms with Crippen LogP contribution < -0.4 is 0 Å². The summed E-state index contributed by atoms with van der Waals surface area (Å²) in [4.78, 5) is 0. The molecule has 1 rings (SSSR count). The zero-order chi connectivity index (χ0) is 7.56. The van der Waals surface area contributed by atoms with Crippen molar-refractivity contribution in [1.82, 2.24) is 0 Å². The second kappa shape index (κ2) is 3.79. The summed E-state index contributed by atoms with van der Waals surface area (Å²) < 4.78 is 2.21. The third-order valence-corrected chi connectivity index (χ3v) is 2.79. The summed E-state index contributed by atoms with van der Waals surface area (Å²) >= 11 is 11.0. The molecule has 0 amide bonds. The summed E-state index contributed by atoms with van der Waals surface area (Å²) in [6.45, 7) is 0. The van der Waals surface area contributed by atoms with E-state index in [2.05, 4.69) is 50.6 Å². The predicted octanol–water partition coefficient (Wildman–Crippen LogP) is 3.64. The van der Waals surface area contributed by atoms with Crippen LogP contribution in [0.4, 0.5) is 0 Å². The van der Waals surface area contributed by atoms with E-state index in [1.807, 2.05) is 12.1 Å². The number of halogens is 2. The van der Waals surface area contributed by atoms with E-state index in [0.29, 0.717) is 0 Å². The minimum Gasteiger partial charge on any atom is -0.175 e. The zero-order valence-electron chi connectivity index (χ0n) is 5.14. The highest BCUT2D eigenvalue weighted by molar-refractivity contribution is 9.11. The normalized spacial score (nSPS) is 9.90. The van der Waals surface area contributed by atoms with Crippen molar-refractivity contribution < 1.29 is 0 Å². The van der Waals surface area contributed by atoms with Crippen molar-refractivity contribution in [2.24, 2.45) is 0 Å². The molecule has 0 heterocycles. The lowest BCUT2D eigenvalue weighted by atomic mass is 10.2. The van der Waals surface area contributed by atoms with Gasteiger partial charge in [0.2, 0.25) is 0 Å². The maximum Gasteiger partial charge on any atom is 0.0216 e. The fourth-order valence-electron chi connectivity index (χ4n) is 0.664. The molecule has 0 aromatic heterocycles. The molecular formula is C7H6Br2S. The number of rotatable bonds is 1. The highest BCUT2D eigenvalue weighted by Crippen LogP contribution is 2.22. The highest BCUT2D eigenvalue weighted by Gasteiger charge is 1.96. The lowest BCUT2D eigenvalue weighted by Gasteiger charge is -1.99. The van der Waals surface area contributed by atoms with Crippen molar-refractivity contribution in [3.05, 3.63) is 32.7 Å². The van der Waals surface area contributed by atoms with Crippen LogP contribution in [-0.4, -0.2) is 0 Å². The van der Waals surface area contributed by atoms with Gasteiger partial charge in [-0.05, 0) is 23.8 Å². The van der Waals surface area contributed by atoms with Crippen molar-refractivity contribution in [2.45, 2.75) is 5.75 Å². The molecule has 54 valence electrons. The Kier molecular flexibility index (Phi) is 3.27. The molecule has 1 aromatic rings. The van der Waals surface area contributed by atoms with E-state index in [1.54, 1.807) is 0 Å². The predicted molar refractivity (Wildman–Crippen MR) is 54.5 cm³/mol.